The van der Waals surface area contributed by atoms with Crippen LogP contribution < -0.4 is 11.2 Å². The highest BCUT2D eigenvalue weighted by atomic mass is 32.2. The first-order valence-electron chi connectivity index (χ1n) is 11.0. The van der Waals surface area contributed by atoms with Gasteiger partial charge in [-0.05, 0) is 51.0 Å². The van der Waals surface area contributed by atoms with Crippen molar-refractivity contribution in [2.75, 3.05) is 23.5 Å². The number of amides is 1. The first-order chi connectivity index (χ1) is 15.1. The topological polar surface area (TPSA) is 112 Å². The van der Waals surface area contributed by atoms with Crippen LogP contribution in [0.5, 0.6) is 0 Å². The van der Waals surface area contributed by atoms with Gasteiger partial charge in [-0.3, -0.25) is 4.79 Å². The fraction of sp³-hybridized carbons (Fsp3) is 0.619. The number of anilines is 1. The molecule has 2 aromatic rings. The minimum atomic E-state index is -0.358. The van der Waals surface area contributed by atoms with Crippen LogP contribution in [0.15, 0.2) is 5.16 Å². The summed E-state index contributed by atoms with van der Waals surface area (Å²) in [6.07, 6.45) is 9.76. The van der Waals surface area contributed by atoms with Crippen LogP contribution >= 0.6 is 23.1 Å². The van der Waals surface area contributed by atoms with Gasteiger partial charge in [-0.2, -0.15) is 0 Å². The number of nitrogens with one attached hydrogen (secondary N) is 1. The lowest BCUT2D eigenvalue weighted by atomic mass is 9.89. The fourth-order valence-electron chi connectivity index (χ4n) is 4.39. The normalized spacial score (nSPS) is 16.7. The van der Waals surface area contributed by atoms with E-state index in [0.29, 0.717) is 28.2 Å². The SMILES string of the molecule is CCOC(=O)c1c(NC(=O)CSc2nnc(C3CCCCC3)n2N)sc2c1CCCC2. The number of fused-ring (bicyclic) bond motifs is 1. The van der Waals surface area contributed by atoms with Crippen molar-refractivity contribution in [1.29, 1.82) is 0 Å². The summed E-state index contributed by atoms with van der Waals surface area (Å²) < 4.78 is 6.78. The molecular weight excluding hydrogens is 434 g/mol. The number of thioether (sulfide) groups is 1. The standard InChI is InChI=1S/C21H29N5O3S2/c1-2-29-20(28)17-14-10-6-7-11-15(14)31-19(17)23-16(27)12-30-21-25-24-18(26(21)22)13-8-4-3-5-9-13/h13H,2-12,22H2,1H3,(H,23,27). The fourth-order valence-corrected chi connectivity index (χ4v) is 6.35. The lowest BCUT2D eigenvalue weighted by Crippen LogP contribution is -2.20. The second-order valence-electron chi connectivity index (χ2n) is 8.02. The van der Waals surface area contributed by atoms with Gasteiger partial charge in [-0.1, -0.05) is 31.0 Å². The maximum Gasteiger partial charge on any atom is 0.341 e. The Kier molecular flexibility index (Phi) is 7.16. The molecule has 168 valence electrons. The van der Waals surface area contributed by atoms with Gasteiger partial charge in [0, 0.05) is 10.8 Å². The van der Waals surface area contributed by atoms with Gasteiger partial charge in [-0.25, -0.2) is 9.47 Å². The number of nitrogens with two attached hydrogens (primary N) is 1. The zero-order chi connectivity index (χ0) is 21.8. The maximum atomic E-state index is 12.7. The Balaban J connectivity index is 1.42. The molecule has 10 heteroatoms. The molecule has 0 radical (unpaired) electrons. The molecular formula is C21H29N5O3S2. The van der Waals surface area contributed by atoms with Crippen LogP contribution in [0, 0.1) is 0 Å². The lowest BCUT2D eigenvalue weighted by molar-refractivity contribution is -0.113. The molecule has 1 saturated carbocycles. The van der Waals surface area contributed by atoms with E-state index in [-0.39, 0.29) is 17.6 Å². The number of thiophene rings is 1. The molecule has 0 aliphatic heterocycles. The van der Waals surface area contributed by atoms with Gasteiger partial charge in [0.1, 0.15) is 5.00 Å². The minimum Gasteiger partial charge on any atom is -0.462 e. The Morgan fingerprint density at radius 3 is 2.74 bits per heavy atom. The summed E-state index contributed by atoms with van der Waals surface area (Å²) in [5, 5.41) is 12.5. The quantitative estimate of drug-likeness (QED) is 0.364. The lowest BCUT2D eigenvalue weighted by Gasteiger charge is -2.20. The third kappa shape index (κ3) is 4.90. The van der Waals surface area contributed by atoms with Crippen LogP contribution in [0.3, 0.4) is 0 Å². The minimum absolute atomic E-state index is 0.144. The first kappa shape index (κ1) is 22.1. The molecule has 4 rings (SSSR count). The average molecular weight is 464 g/mol. The number of nitrogen functional groups attached to an aromatic ring is 1. The van der Waals surface area contributed by atoms with E-state index < -0.39 is 0 Å². The molecule has 3 N–H and O–H groups in total. The number of rotatable bonds is 7. The van der Waals surface area contributed by atoms with Crippen LogP contribution in [-0.2, 0) is 22.4 Å². The van der Waals surface area contributed by atoms with Crippen LogP contribution in [0.25, 0.3) is 0 Å². The predicted molar refractivity (Wildman–Crippen MR) is 122 cm³/mol. The van der Waals surface area contributed by atoms with Gasteiger partial charge >= 0.3 is 5.97 Å². The van der Waals surface area contributed by atoms with Crippen molar-refractivity contribution in [3.05, 3.63) is 21.8 Å². The largest absolute Gasteiger partial charge is 0.462 e. The molecule has 2 aromatic heterocycles. The number of carbonyl (C=O) groups is 2. The van der Waals surface area contributed by atoms with E-state index in [1.54, 1.807) is 6.92 Å². The van der Waals surface area contributed by atoms with Crippen LogP contribution in [0.4, 0.5) is 5.00 Å². The van der Waals surface area contributed by atoms with Gasteiger partial charge < -0.3 is 15.9 Å². The van der Waals surface area contributed by atoms with E-state index in [2.05, 4.69) is 15.5 Å². The number of hydrogen-bond donors (Lipinski definition) is 2. The molecule has 31 heavy (non-hydrogen) atoms. The van der Waals surface area contributed by atoms with E-state index in [1.807, 2.05) is 0 Å². The summed E-state index contributed by atoms with van der Waals surface area (Å²) >= 11 is 2.75. The molecule has 2 heterocycles. The van der Waals surface area contributed by atoms with Crippen molar-refractivity contribution in [3.63, 3.8) is 0 Å². The second kappa shape index (κ2) is 10.0. The Morgan fingerprint density at radius 1 is 1.19 bits per heavy atom. The zero-order valence-corrected chi connectivity index (χ0v) is 19.4. The van der Waals surface area contributed by atoms with E-state index >= 15 is 0 Å². The maximum absolute atomic E-state index is 12.7. The smallest absolute Gasteiger partial charge is 0.341 e. The van der Waals surface area contributed by atoms with Gasteiger partial charge in [0.15, 0.2) is 5.82 Å². The Bertz CT molecular complexity index is 949. The number of esters is 1. The van der Waals surface area contributed by atoms with Gasteiger partial charge in [0.2, 0.25) is 11.1 Å². The highest BCUT2D eigenvalue weighted by Crippen LogP contribution is 2.39. The van der Waals surface area contributed by atoms with E-state index in [0.717, 1.165) is 49.9 Å². The summed E-state index contributed by atoms with van der Waals surface area (Å²) in [7, 11) is 0. The first-order valence-corrected chi connectivity index (χ1v) is 12.8. The second-order valence-corrected chi connectivity index (χ2v) is 10.1. The number of hydrogen-bond acceptors (Lipinski definition) is 8. The van der Waals surface area contributed by atoms with Crippen molar-refractivity contribution >= 4 is 40.0 Å². The summed E-state index contributed by atoms with van der Waals surface area (Å²) in [6.45, 7) is 2.10. The number of ether oxygens (including phenoxy) is 1. The molecule has 8 nitrogen and oxygen atoms in total. The van der Waals surface area contributed by atoms with Crippen molar-refractivity contribution < 1.29 is 14.3 Å². The molecule has 2 aliphatic carbocycles. The van der Waals surface area contributed by atoms with Crippen LogP contribution in [-0.4, -0.2) is 39.1 Å². The van der Waals surface area contributed by atoms with Crippen molar-refractivity contribution in [1.82, 2.24) is 14.9 Å². The number of nitrogens with zero attached hydrogens (tertiary/aromatic N) is 3. The third-order valence-corrected chi connectivity index (χ3v) is 8.05. The summed E-state index contributed by atoms with van der Waals surface area (Å²) in [5.41, 5.74) is 1.57. The van der Waals surface area contributed by atoms with Gasteiger partial charge in [0.25, 0.3) is 0 Å². The average Bonchev–Trinajstić information content (AvgIpc) is 3.32. The van der Waals surface area contributed by atoms with Crippen molar-refractivity contribution in [3.8, 4) is 0 Å². The summed E-state index contributed by atoms with van der Waals surface area (Å²) in [4.78, 5) is 26.4. The number of aromatic nitrogens is 3. The van der Waals surface area contributed by atoms with Crippen molar-refractivity contribution in [2.24, 2.45) is 0 Å². The highest BCUT2D eigenvalue weighted by Gasteiger charge is 2.28. The molecule has 1 amide bonds. The predicted octanol–water partition coefficient (Wildman–Crippen LogP) is 3.89. The van der Waals surface area contributed by atoms with E-state index in [1.165, 1.54) is 51.9 Å². The highest BCUT2D eigenvalue weighted by molar-refractivity contribution is 7.99. The monoisotopic (exact) mass is 463 g/mol. The molecule has 0 bridgehead atoms. The van der Waals surface area contributed by atoms with E-state index in [9.17, 15) is 9.59 Å². The molecule has 0 atom stereocenters. The van der Waals surface area contributed by atoms with Crippen LogP contribution in [0.2, 0.25) is 0 Å². The summed E-state index contributed by atoms with van der Waals surface area (Å²) in [5.74, 6) is 6.95. The zero-order valence-electron chi connectivity index (χ0n) is 17.8. The molecule has 0 unspecified atom stereocenters. The summed E-state index contributed by atoms with van der Waals surface area (Å²) in [6, 6.07) is 0. The molecule has 2 aliphatic rings. The Labute approximate surface area is 190 Å². The van der Waals surface area contributed by atoms with Gasteiger partial charge in [-0.15, -0.1) is 21.5 Å². The number of aryl methyl sites for hydroxylation is 1. The molecule has 0 saturated heterocycles. The Hall–Kier alpha value is -2.07. The van der Waals surface area contributed by atoms with E-state index in [4.69, 9.17) is 10.6 Å². The molecule has 0 spiro atoms. The van der Waals surface area contributed by atoms with Gasteiger partial charge in [0.05, 0.1) is 17.9 Å². The third-order valence-electron chi connectivity index (χ3n) is 5.90. The van der Waals surface area contributed by atoms with Crippen LogP contribution in [0.1, 0.15) is 84.4 Å². The number of carbonyl (C=O) groups excluding carboxylic acids is 2. The molecule has 0 aromatic carbocycles. The Morgan fingerprint density at radius 2 is 1.97 bits per heavy atom. The van der Waals surface area contributed by atoms with Crippen molar-refractivity contribution in [2.45, 2.75) is 75.8 Å². The molecule has 1 fully saturated rings.